The fourth-order valence-corrected chi connectivity index (χ4v) is 3.17. The third-order valence-corrected chi connectivity index (χ3v) is 4.64. The van der Waals surface area contributed by atoms with Crippen molar-refractivity contribution in [1.29, 1.82) is 5.41 Å². The van der Waals surface area contributed by atoms with Crippen molar-refractivity contribution >= 4 is 34.5 Å². The Bertz CT molecular complexity index is 1070. The minimum atomic E-state index is 0.433. The van der Waals surface area contributed by atoms with Gasteiger partial charge in [-0.2, -0.15) is 0 Å². The number of rotatable bonds is 5. The minimum Gasteiger partial charge on any atom is -0.365 e. The summed E-state index contributed by atoms with van der Waals surface area (Å²) in [5.41, 5.74) is 4.68. The van der Waals surface area contributed by atoms with Gasteiger partial charge < -0.3 is 14.8 Å². The molecule has 138 valence electrons. The first-order valence-electron chi connectivity index (χ1n) is 8.92. The second-order valence-corrected chi connectivity index (χ2v) is 6.89. The lowest BCUT2D eigenvalue weighted by Crippen LogP contribution is -2.21. The predicted molar refractivity (Wildman–Crippen MR) is 111 cm³/mol. The second-order valence-electron chi connectivity index (χ2n) is 6.89. The molecule has 0 saturated heterocycles. The molecule has 0 unspecified atom stereocenters. The van der Waals surface area contributed by atoms with Crippen LogP contribution in [-0.2, 0) is 7.05 Å². The largest absolute Gasteiger partial charge is 0.365 e. The molecule has 0 spiro atoms. The Labute approximate surface area is 158 Å². The molecule has 3 aromatic rings. The zero-order chi connectivity index (χ0) is 19.0. The first-order valence-corrected chi connectivity index (χ1v) is 8.92. The Hall–Kier alpha value is -3.19. The number of hydrogen-bond donors (Lipinski definition) is 2. The molecule has 0 bridgehead atoms. The van der Waals surface area contributed by atoms with Gasteiger partial charge in [-0.15, -0.1) is 5.10 Å². The maximum absolute atomic E-state index is 8.57. The van der Waals surface area contributed by atoms with Gasteiger partial charge in [0.25, 0.3) is 0 Å². The highest BCUT2D eigenvalue weighted by Gasteiger charge is 2.20. The summed E-state index contributed by atoms with van der Waals surface area (Å²) in [5, 5.41) is 16.6. The van der Waals surface area contributed by atoms with Gasteiger partial charge in [-0.25, -0.2) is 9.51 Å². The molecule has 0 saturated carbocycles. The average Bonchev–Trinajstić information content (AvgIpc) is 3.19. The molecule has 0 amide bonds. The van der Waals surface area contributed by atoms with Crippen LogP contribution < -0.4 is 5.32 Å². The van der Waals surface area contributed by atoms with Crippen LogP contribution in [0.25, 0.3) is 11.6 Å². The van der Waals surface area contributed by atoms with Gasteiger partial charge >= 0.3 is 0 Å². The molecule has 2 N–H and O–H groups in total. The van der Waals surface area contributed by atoms with Crippen LogP contribution in [0.1, 0.15) is 11.3 Å². The predicted octanol–water partition coefficient (Wildman–Crippen LogP) is 2.81. The number of likely N-dealkylation sites (N-methyl/N-ethyl adjacent to an activating group) is 1. The second kappa shape index (κ2) is 6.85. The van der Waals surface area contributed by atoms with Gasteiger partial charge in [-0.1, -0.05) is 6.07 Å². The number of aliphatic imine (C=N–C) groups is 1. The summed E-state index contributed by atoms with van der Waals surface area (Å²) in [6.07, 6.45) is 7.79. The zero-order valence-electron chi connectivity index (χ0n) is 15.8. The Balaban J connectivity index is 1.74. The highest BCUT2D eigenvalue weighted by Crippen LogP contribution is 2.31. The molecule has 0 fully saturated rings. The van der Waals surface area contributed by atoms with Crippen LogP contribution in [0.5, 0.6) is 0 Å². The quantitative estimate of drug-likeness (QED) is 0.734. The molecular formula is C20H23N7. The van der Waals surface area contributed by atoms with Crippen molar-refractivity contribution in [2.75, 3.05) is 32.5 Å². The molecule has 4 rings (SSSR count). The molecule has 7 heteroatoms. The van der Waals surface area contributed by atoms with Crippen molar-refractivity contribution in [3.05, 3.63) is 54.0 Å². The van der Waals surface area contributed by atoms with E-state index >= 15 is 0 Å². The lowest BCUT2D eigenvalue weighted by Gasteiger charge is -2.12. The lowest BCUT2D eigenvalue weighted by atomic mass is 10.00. The summed E-state index contributed by atoms with van der Waals surface area (Å²) in [6, 6.07) is 7.87. The van der Waals surface area contributed by atoms with E-state index in [1.807, 2.05) is 79.0 Å². The van der Waals surface area contributed by atoms with Crippen molar-refractivity contribution in [1.82, 2.24) is 19.1 Å². The van der Waals surface area contributed by atoms with Crippen molar-refractivity contribution in [3.8, 4) is 0 Å². The molecule has 0 atom stereocenters. The van der Waals surface area contributed by atoms with Crippen LogP contribution in [0.2, 0.25) is 0 Å². The highest BCUT2D eigenvalue weighted by atomic mass is 15.3. The number of nitrogens with zero attached hydrogens (tertiary/aromatic N) is 5. The van der Waals surface area contributed by atoms with E-state index in [0.717, 1.165) is 41.4 Å². The summed E-state index contributed by atoms with van der Waals surface area (Å²) in [7, 11) is 6.06. The first kappa shape index (κ1) is 17.2. The molecule has 3 aromatic heterocycles. The molecule has 27 heavy (non-hydrogen) atoms. The zero-order valence-corrected chi connectivity index (χ0v) is 15.8. The van der Waals surface area contributed by atoms with E-state index in [1.165, 1.54) is 0 Å². The van der Waals surface area contributed by atoms with Crippen LogP contribution in [0, 0.1) is 5.41 Å². The van der Waals surface area contributed by atoms with Gasteiger partial charge in [0.15, 0.2) is 5.82 Å². The summed E-state index contributed by atoms with van der Waals surface area (Å²) in [6.45, 7) is 1.66. The van der Waals surface area contributed by atoms with Crippen LogP contribution in [0.3, 0.4) is 0 Å². The van der Waals surface area contributed by atoms with E-state index in [4.69, 9.17) is 10.4 Å². The van der Waals surface area contributed by atoms with Crippen molar-refractivity contribution in [2.45, 2.75) is 0 Å². The van der Waals surface area contributed by atoms with E-state index in [1.54, 1.807) is 0 Å². The van der Waals surface area contributed by atoms with E-state index in [0.29, 0.717) is 11.4 Å². The van der Waals surface area contributed by atoms with E-state index in [2.05, 4.69) is 15.3 Å². The SMILES string of the molecule is CN(C)CCNc1nn2ccccc2c1N=C1C=Cc2c(ccn2C)C1=N. The van der Waals surface area contributed by atoms with E-state index in [9.17, 15) is 0 Å². The summed E-state index contributed by atoms with van der Waals surface area (Å²) in [4.78, 5) is 6.95. The molecule has 0 aromatic carbocycles. The maximum Gasteiger partial charge on any atom is 0.175 e. The van der Waals surface area contributed by atoms with Gasteiger partial charge in [0.2, 0.25) is 0 Å². The Kier molecular flexibility index (Phi) is 4.37. The van der Waals surface area contributed by atoms with Crippen molar-refractivity contribution < 1.29 is 0 Å². The van der Waals surface area contributed by atoms with E-state index < -0.39 is 0 Å². The van der Waals surface area contributed by atoms with Crippen LogP contribution in [0.15, 0.2) is 47.7 Å². The third kappa shape index (κ3) is 3.17. The monoisotopic (exact) mass is 361 g/mol. The molecule has 3 heterocycles. The van der Waals surface area contributed by atoms with Crippen LogP contribution >= 0.6 is 0 Å². The van der Waals surface area contributed by atoms with E-state index in [-0.39, 0.29) is 0 Å². The summed E-state index contributed by atoms with van der Waals surface area (Å²) >= 11 is 0. The molecule has 1 aliphatic carbocycles. The lowest BCUT2D eigenvalue weighted by molar-refractivity contribution is 0.425. The number of anilines is 1. The van der Waals surface area contributed by atoms with Crippen molar-refractivity contribution in [3.63, 3.8) is 0 Å². The first-order chi connectivity index (χ1) is 13.0. The number of aryl methyl sites for hydroxylation is 1. The number of hydrogen-bond acceptors (Lipinski definition) is 5. The summed E-state index contributed by atoms with van der Waals surface area (Å²) < 4.78 is 3.84. The van der Waals surface area contributed by atoms with Crippen LogP contribution in [-0.4, -0.2) is 57.7 Å². The smallest absolute Gasteiger partial charge is 0.175 e. The van der Waals surface area contributed by atoms with Crippen LogP contribution in [0.4, 0.5) is 11.5 Å². The van der Waals surface area contributed by atoms with Gasteiger partial charge in [0, 0.05) is 38.1 Å². The number of nitrogens with one attached hydrogen (secondary N) is 2. The van der Waals surface area contributed by atoms with Gasteiger partial charge in [-0.05, 0) is 44.4 Å². The maximum atomic E-state index is 8.57. The normalized spacial score (nSPS) is 15.1. The Morgan fingerprint density at radius 1 is 1.19 bits per heavy atom. The fraction of sp³-hybridized carbons (Fsp3) is 0.250. The number of allylic oxidation sites excluding steroid dienone is 1. The van der Waals surface area contributed by atoms with Gasteiger partial charge in [-0.3, -0.25) is 5.41 Å². The topological polar surface area (TPSA) is 73.7 Å². The summed E-state index contributed by atoms with van der Waals surface area (Å²) in [5.74, 6) is 0.732. The third-order valence-electron chi connectivity index (χ3n) is 4.64. The highest BCUT2D eigenvalue weighted by molar-refractivity contribution is 6.53. The Morgan fingerprint density at radius 2 is 2.04 bits per heavy atom. The Morgan fingerprint density at radius 3 is 2.85 bits per heavy atom. The molecule has 1 aliphatic rings. The molecule has 0 radical (unpaired) electrons. The standard InChI is InChI=1S/C20H23N7/c1-25(2)13-10-22-20-19(17-6-4-5-11-27(17)24-20)23-15-7-8-16-14(18(15)21)9-12-26(16)3/h4-9,11-12,21H,10,13H2,1-3H3,(H,22,24). The minimum absolute atomic E-state index is 0.433. The van der Waals surface area contributed by atoms with Crippen molar-refractivity contribution in [2.24, 2.45) is 12.0 Å². The number of fused-ring (bicyclic) bond motifs is 2. The number of pyridine rings is 1. The van der Waals surface area contributed by atoms with Gasteiger partial charge in [0.1, 0.15) is 5.69 Å². The number of aromatic nitrogens is 3. The molecular weight excluding hydrogens is 338 g/mol. The molecule has 7 nitrogen and oxygen atoms in total. The average molecular weight is 361 g/mol. The van der Waals surface area contributed by atoms with Gasteiger partial charge in [0.05, 0.1) is 22.6 Å². The fourth-order valence-electron chi connectivity index (χ4n) is 3.17. The molecule has 0 aliphatic heterocycles.